The number of hydrogen-bond donors (Lipinski definition) is 1. The molecule has 0 aliphatic carbocycles. The molecule has 1 aliphatic heterocycles. The molecule has 0 N–H and O–H groups in total. The lowest BCUT2D eigenvalue weighted by atomic mass is 10.1. The van der Waals surface area contributed by atoms with Crippen LogP contribution < -0.4 is 4.90 Å². The summed E-state index contributed by atoms with van der Waals surface area (Å²) >= 11 is 7.45. The van der Waals surface area contributed by atoms with Gasteiger partial charge in [0.05, 0.1) is 5.69 Å². The Morgan fingerprint density at radius 3 is 2.88 bits per heavy atom. The summed E-state index contributed by atoms with van der Waals surface area (Å²) in [5.41, 5.74) is 0.344. The fraction of sp³-hybridized carbons (Fsp3) is 0.364. The van der Waals surface area contributed by atoms with Gasteiger partial charge in [0, 0.05) is 17.4 Å². The van der Waals surface area contributed by atoms with Gasteiger partial charge in [-0.1, -0.05) is 6.07 Å². The number of rotatable bonds is 2. The van der Waals surface area contributed by atoms with Crippen molar-refractivity contribution < 1.29 is 9.18 Å². The molecule has 16 heavy (non-hydrogen) atoms. The zero-order valence-corrected chi connectivity index (χ0v) is 11.0. The predicted molar refractivity (Wildman–Crippen MR) is 68.4 cm³/mol. The summed E-state index contributed by atoms with van der Waals surface area (Å²) in [7, 11) is 0. The summed E-state index contributed by atoms with van der Waals surface area (Å²) in [6.45, 7) is 0.544. The minimum atomic E-state index is -0.373. The van der Waals surface area contributed by atoms with Crippen molar-refractivity contribution in [3.8, 4) is 0 Å². The SMILES string of the molecule is O=C1CC(CS)CN1c1c(F)cccc1Br. The van der Waals surface area contributed by atoms with Gasteiger partial charge >= 0.3 is 0 Å². The van der Waals surface area contributed by atoms with Crippen LogP contribution in [0, 0.1) is 11.7 Å². The lowest BCUT2D eigenvalue weighted by Crippen LogP contribution is -2.26. The van der Waals surface area contributed by atoms with Crippen LogP contribution in [0.15, 0.2) is 22.7 Å². The maximum absolute atomic E-state index is 13.7. The number of thiol groups is 1. The molecule has 0 saturated carbocycles. The van der Waals surface area contributed by atoms with E-state index < -0.39 is 0 Å². The van der Waals surface area contributed by atoms with E-state index in [9.17, 15) is 9.18 Å². The third kappa shape index (κ3) is 2.11. The summed E-state index contributed by atoms with van der Waals surface area (Å²) in [4.78, 5) is 13.3. The van der Waals surface area contributed by atoms with Crippen LogP contribution in [0.25, 0.3) is 0 Å². The molecular weight excluding hydrogens is 293 g/mol. The van der Waals surface area contributed by atoms with Crippen molar-refractivity contribution in [3.05, 3.63) is 28.5 Å². The molecule has 1 heterocycles. The van der Waals surface area contributed by atoms with Crippen LogP contribution in [0.3, 0.4) is 0 Å². The average molecular weight is 304 g/mol. The fourth-order valence-electron chi connectivity index (χ4n) is 1.87. The van der Waals surface area contributed by atoms with E-state index in [1.807, 2.05) is 0 Å². The number of hydrogen-bond acceptors (Lipinski definition) is 2. The van der Waals surface area contributed by atoms with Gasteiger partial charge in [-0.15, -0.1) is 0 Å². The predicted octanol–water partition coefficient (Wildman–Crippen LogP) is 2.87. The van der Waals surface area contributed by atoms with Crippen LogP contribution in [-0.2, 0) is 4.79 Å². The molecule has 1 saturated heterocycles. The first-order valence-electron chi connectivity index (χ1n) is 4.98. The second kappa shape index (κ2) is 4.75. The molecular formula is C11H11BrFNOS. The molecule has 1 unspecified atom stereocenters. The monoisotopic (exact) mass is 303 g/mol. The Morgan fingerprint density at radius 2 is 2.31 bits per heavy atom. The van der Waals surface area contributed by atoms with Crippen LogP contribution in [0.1, 0.15) is 6.42 Å². The Morgan fingerprint density at radius 1 is 1.56 bits per heavy atom. The van der Waals surface area contributed by atoms with Gasteiger partial charge in [-0.05, 0) is 39.7 Å². The van der Waals surface area contributed by atoms with E-state index in [0.717, 1.165) is 0 Å². The molecule has 1 aromatic carbocycles. The Hall–Kier alpha value is -0.550. The summed E-state index contributed by atoms with van der Waals surface area (Å²) in [5.74, 6) is 0.448. The highest BCUT2D eigenvalue weighted by molar-refractivity contribution is 9.10. The van der Waals surface area contributed by atoms with Crippen molar-refractivity contribution in [1.29, 1.82) is 0 Å². The van der Waals surface area contributed by atoms with Crippen LogP contribution in [0.4, 0.5) is 10.1 Å². The number of nitrogens with zero attached hydrogens (tertiary/aromatic N) is 1. The Labute approximate surface area is 107 Å². The summed E-state index contributed by atoms with van der Waals surface area (Å²) in [6.07, 6.45) is 0.449. The van der Waals surface area contributed by atoms with Crippen LogP contribution in [-0.4, -0.2) is 18.2 Å². The summed E-state index contributed by atoms with van der Waals surface area (Å²) in [6, 6.07) is 4.71. The molecule has 0 spiro atoms. The lowest BCUT2D eigenvalue weighted by molar-refractivity contribution is -0.117. The van der Waals surface area contributed by atoms with Crippen LogP contribution >= 0.6 is 28.6 Å². The topological polar surface area (TPSA) is 20.3 Å². The van der Waals surface area contributed by atoms with Crippen molar-refractivity contribution in [3.63, 3.8) is 0 Å². The number of amides is 1. The Balaban J connectivity index is 2.35. The highest BCUT2D eigenvalue weighted by atomic mass is 79.9. The molecule has 0 bridgehead atoms. The fourth-order valence-corrected chi connectivity index (χ4v) is 2.67. The molecule has 1 fully saturated rings. The minimum Gasteiger partial charge on any atom is -0.308 e. The molecule has 1 amide bonds. The number of carbonyl (C=O) groups excluding carboxylic acids is 1. The van der Waals surface area contributed by atoms with Crippen LogP contribution in [0.2, 0.25) is 0 Å². The molecule has 2 nitrogen and oxygen atoms in total. The number of carbonyl (C=O) groups is 1. The van der Waals surface area contributed by atoms with Gasteiger partial charge in [-0.25, -0.2) is 4.39 Å². The van der Waals surface area contributed by atoms with E-state index in [4.69, 9.17) is 0 Å². The van der Waals surface area contributed by atoms with Gasteiger partial charge in [0.15, 0.2) is 0 Å². The Kier molecular flexibility index (Phi) is 3.54. The van der Waals surface area contributed by atoms with E-state index in [0.29, 0.717) is 28.9 Å². The maximum Gasteiger partial charge on any atom is 0.227 e. The molecule has 0 aromatic heterocycles. The van der Waals surface area contributed by atoms with E-state index >= 15 is 0 Å². The van der Waals surface area contributed by atoms with E-state index in [1.165, 1.54) is 11.0 Å². The van der Waals surface area contributed by atoms with Crippen molar-refractivity contribution in [2.75, 3.05) is 17.2 Å². The summed E-state index contributed by atoms with van der Waals surface area (Å²) in [5, 5.41) is 0. The molecule has 0 radical (unpaired) electrons. The van der Waals surface area contributed by atoms with Crippen molar-refractivity contribution in [1.82, 2.24) is 0 Å². The second-order valence-corrected chi connectivity index (χ2v) is 5.05. The first kappa shape index (κ1) is 11.9. The molecule has 86 valence electrons. The maximum atomic E-state index is 13.7. The lowest BCUT2D eigenvalue weighted by Gasteiger charge is -2.18. The molecule has 5 heteroatoms. The highest BCUT2D eigenvalue weighted by Crippen LogP contribution is 2.33. The van der Waals surface area contributed by atoms with E-state index in [2.05, 4.69) is 28.6 Å². The highest BCUT2D eigenvalue weighted by Gasteiger charge is 2.32. The molecule has 1 aliphatic rings. The third-order valence-electron chi connectivity index (χ3n) is 2.67. The minimum absolute atomic E-state index is 0.0372. The number of halogens is 2. The van der Waals surface area contributed by atoms with Gasteiger partial charge in [0.1, 0.15) is 5.82 Å². The second-order valence-electron chi connectivity index (χ2n) is 3.83. The zero-order chi connectivity index (χ0) is 11.7. The van der Waals surface area contributed by atoms with E-state index in [1.54, 1.807) is 12.1 Å². The van der Waals surface area contributed by atoms with Crippen molar-refractivity contribution in [2.24, 2.45) is 5.92 Å². The quantitative estimate of drug-likeness (QED) is 0.833. The standard InChI is InChI=1S/C11H11BrFNOS/c12-8-2-1-3-9(13)11(8)14-5-7(6-16)4-10(14)15/h1-3,7,16H,4-6H2. The molecule has 1 atom stereocenters. The van der Waals surface area contributed by atoms with Gasteiger partial charge in [-0.2, -0.15) is 12.6 Å². The van der Waals surface area contributed by atoms with Gasteiger partial charge in [-0.3, -0.25) is 4.79 Å². The van der Waals surface area contributed by atoms with Gasteiger partial charge in [0.2, 0.25) is 5.91 Å². The van der Waals surface area contributed by atoms with Crippen molar-refractivity contribution in [2.45, 2.75) is 6.42 Å². The largest absolute Gasteiger partial charge is 0.308 e. The molecule has 2 rings (SSSR count). The van der Waals surface area contributed by atoms with Crippen LogP contribution in [0.5, 0.6) is 0 Å². The summed E-state index contributed by atoms with van der Waals surface area (Å²) < 4.78 is 14.3. The Bertz CT molecular complexity index is 406. The number of anilines is 1. The van der Waals surface area contributed by atoms with Gasteiger partial charge < -0.3 is 4.90 Å². The third-order valence-corrected chi connectivity index (χ3v) is 3.83. The smallest absolute Gasteiger partial charge is 0.227 e. The zero-order valence-electron chi connectivity index (χ0n) is 8.49. The first-order valence-corrected chi connectivity index (χ1v) is 6.41. The van der Waals surface area contributed by atoms with E-state index in [-0.39, 0.29) is 17.6 Å². The number of para-hydroxylation sites is 1. The van der Waals surface area contributed by atoms with Gasteiger partial charge in [0.25, 0.3) is 0 Å². The normalized spacial score (nSPS) is 20.6. The number of benzene rings is 1. The average Bonchev–Trinajstić information content (AvgIpc) is 2.60. The van der Waals surface area contributed by atoms with Crippen molar-refractivity contribution >= 4 is 40.2 Å². The first-order chi connectivity index (χ1) is 7.63. The molecule has 1 aromatic rings.